The highest BCUT2D eigenvalue weighted by molar-refractivity contribution is 5.77. The van der Waals surface area contributed by atoms with Crippen molar-refractivity contribution in [2.75, 3.05) is 6.61 Å². The van der Waals surface area contributed by atoms with E-state index in [2.05, 4.69) is 16.9 Å². The number of carbonyl (C=O) groups excluding carboxylic acids is 1. The first-order valence-corrected chi connectivity index (χ1v) is 6.84. The van der Waals surface area contributed by atoms with E-state index >= 15 is 0 Å². The number of aromatic nitrogens is 1. The highest BCUT2D eigenvalue weighted by atomic mass is 16.5. The highest BCUT2D eigenvalue weighted by Crippen LogP contribution is 2.23. The number of hydrogen-bond donors (Lipinski definition) is 2. The second kappa shape index (κ2) is 7.17. The molecule has 1 aliphatic carbocycles. The SMILES string of the molecule is C=C1CCC(OCC(=O)NCc2ccncc2)C(N)C1. The van der Waals surface area contributed by atoms with Gasteiger partial charge in [-0.05, 0) is 37.0 Å². The fraction of sp³-hybridized carbons (Fsp3) is 0.467. The van der Waals surface area contributed by atoms with Gasteiger partial charge < -0.3 is 15.8 Å². The molecule has 0 saturated heterocycles. The predicted octanol–water partition coefficient (Wildman–Crippen LogP) is 1.15. The minimum atomic E-state index is -0.126. The van der Waals surface area contributed by atoms with Crippen molar-refractivity contribution in [1.82, 2.24) is 10.3 Å². The Balaban J connectivity index is 1.69. The number of carbonyl (C=O) groups is 1. The first-order valence-electron chi connectivity index (χ1n) is 6.84. The molecular weight excluding hydrogens is 254 g/mol. The molecule has 5 nitrogen and oxygen atoms in total. The third-order valence-electron chi connectivity index (χ3n) is 3.45. The highest BCUT2D eigenvalue weighted by Gasteiger charge is 2.24. The molecule has 2 atom stereocenters. The van der Waals surface area contributed by atoms with Crippen LogP contribution in [0, 0.1) is 0 Å². The van der Waals surface area contributed by atoms with Gasteiger partial charge in [-0.3, -0.25) is 9.78 Å². The standard InChI is InChI=1S/C15H21N3O2/c1-11-2-3-14(13(16)8-11)20-10-15(19)18-9-12-4-6-17-7-5-12/h4-7,13-14H,1-3,8-10,16H2,(H,18,19). The molecule has 0 bridgehead atoms. The Bertz CT molecular complexity index is 461. The third kappa shape index (κ3) is 4.43. The lowest BCUT2D eigenvalue weighted by Crippen LogP contribution is -2.42. The van der Waals surface area contributed by atoms with E-state index in [0.29, 0.717) is 6.54 Å². The number of rotatable bonds is 5. The van der Waals surface area contributed by atoms with Gasteiger partial charge in [-0.1, -0.05) is 12.2 Å². The smallest absolute Gasteiger partial charge is 0.246 e. The summed E-state index contributed by atoms with van der Waals surface area (Å²) < 4.78 is 5.60. The molecule has 0 aromatic carbocycles. The van der Waals surface area contributed by atoms with E-state index in [1.54, 1.807) is 12.4 Å². The van der Waals surface area contributed by atoms with Crippen molar-refractivity contribution in [2.24, 2.45) is 5.73 Å². The van der Waals surface area contributed by atoms with Crippen LogP contribution in [0.2, 0.25) is 0 Å². The van der Waals surface area contributed by atoms with Crippen LogP contribution >= 0.6 is 0 Å². The second-order valence-corrected chi connectivity index (χ2v) is 5.14. The first kappa shape index (κ1) is 14.7. The van der Waals surface area contributed by atoms with Gasteiger partial charge in [-0.2, -0.15) is 0 Å². The summed E-state index contributed by atoms with van der Waals surface area (Å²) in [7, 11) is 0. The molecule has 20 heavy (non-hydrogen) atoms. The number of pyridine rings is 1. The summed E-state index contributed by atoms with van der Waals surface area (Å²) in [4.78, 5) is 15.6. The summed E-state index contributed by atoms with van der Waals surface area (Å²) in [6.45, 7) is 4.47. The van der Waals surface area contributed by atoms with Gasteiger partial charge in [0.25, 0.3) is 0 Å². The second-order valence-electron chi connectivity index (χ2n) is 5.14. The minimum absolute atomic E-state index is 0.0489. The Morgan fingerprint density at radius 1 is 1.50 bits per heavy atom. The summed E-state index contributed by atoms with van der Waals surface area (Å²) in [5.41, 5.74) is 8.18. The Kier molecular flexibility index (Phi) is 5.26. The van der Waals surface area contributed by atoms with Crippen LogP contribution in [-0.4, -0.2) is 29.6 Å². The van der Waals surface area contributed by atoms with Crippen LogP contribution in [0.5, 0.6) is 0 Å². The van der Waals surface area contributed by atoms with Crippen molar-refractivity contribution in [1.29, 1.82) is 0 Å². The molecule has 1 aromatic heterocycles. The zero-order valence-corrected chi connectivity index (χ0v) is 11.5. The molecule has 1 aliphatic rings. The molecular formula is C15H21N3O2. The van der Waals surface area contributed by atoms with Gasteiger partial charge in [0.2, 0.25) is 5.91 Å². The molecule has 5 heteroatoms. The maximum atomic E-state index is 11.7. The lowest BCUT2D eigenvalue weighted by molar-refractivity contribution is -0.128. The summed E-state index contributed by atoms with van der Waals surface area (Å²) in [5.74, 6) is -0.126. The number of amides is 1. The van der Waals surface area contributed by atoms with Crippen LogP contribution in [0.25, 0.3) is 0 Å². The normalized spacial score (nSPS) is 22.6. The first-order chi connectivity index (χ1) is 9.65. The Hall–Kier alpha value is -1.72. The van der Waals surface area contributed by atoms with Crippen LogP contribution < -0.4 is 11.1 Å². The summed E-state index contributed by atoms with van der Waals surface area (Å²) in [5, 5.41) is 2.81. The molecule has 2 unspecified atom stereocenters. The average Bonchev–Trinajstić information content (AvgIpc) is 2.45. The zero-order chi connectivity index (χ0) is 14.4. The number of ether oxygens (including phenoxy) is 1. The molecule has 3 N–H and O–H groups in total. The van der Waals surface area contributed by atoms with Crippen molar-refractivity contribution >= 4 is 5.91 Å². The van der Waals surface area contributed by atoms with E-state index in [1.807, 2.05) is 12.1 Å². The molecule has 108 valence electrons. The molecule has 1 heterocycles. The van der Waals surface area contributed by atoms with E-state index in [0.717, 1.165) is 24.8 Å². The molecule has 1 aromatic rings. The maximum Gasteiger partial charge on any atom is 0.246 e. The van der Waals surface area contributed by atoms with Gasteiger partial charge >= 0.3 is 0 Å². The van der Waals surface area contributed by atoms with Gasteiger partial charge in [0, 0.05) is 25.0 Å². The van der Waals surface area contributed by atoms with Gasteiger partial charge in [0.15, 0.2) is 0 Å². The average molecular weight is 275 g/mol. The van der Waals surface area contributed by atoms with Gasteiger partial charge in [0.05, 0.1) is 6.10 Å². The van der Waals surface area contributed by atoms with Crippen LogP contribution in [-0.2, 0) is 16.1 Å². The number of hydrogen-bond acceptors (Lipinski definition) is 4. The molecule has 1 amide bonds. The van der Waals surface area contributed by atoms with Crippen LogP contribution in [0.4, 0.5) is 0 Å². The molecule has 2 rings (SSSR count). The van der Waals surface area contributed by atoms with Crippen molar-refractivity contribution < 1.29 is 9.53 Å². The van der Waals surface area contributed by atoms with Crippen molar-refractivity contribution in [3.63, 3.8) is 0 Å². The van der Waals surface area contributed by atoms with E-state index in [9.17, 15) is 4.79 Å². The van der Waals surface area contributed by atoms with Crippen molar-refractivity contribution in [3.05, 3.63) is 42.2 Å². The fourth-order valence-corrected chi connectivity index (χ4v) is 2.27. The molecule has 1 fully saturated rings. The quantitative estimate of drug-likeness (QED) is 0.790. The van der Waals surface area contributed by atoms with E-state index in [4.69, 9.17) is 10.5 Å². The lowest BCUT2D eigenvalue weighted by atomic mass is 9.90. The van der Waals surface area contributed by atoms with Crippen LogP contribution in [0.15, 0.2) is 36.7 Å². The fourth-order valence-electron chi connectivity index (χ4n) is 2.27. The molecule has 0 spiro atoms. The predicted molar refractivity (Wildman–Crippen MR) is 76.8 cm³/mol. The summed E-state index contributed by atoms with van der Waals surface area (Å²) >= 11 is 0. The summed E-state index contributed by atoms with van der Waals surface area (Å²) in [6, 6.07) is 3.68. The topological polar surface area (TPSA) is 77.2 Å². The van der Waals surface area contributed by atoms with Crippen molar-refractivity contribution in [2.45, 2.75) is 38.0 Å². The van der Waals surface area contributed by atoms with Gasteiger partial charge in [0.1, 0.15) is 6.61 Å². The Morgan fingerprint density at radius 2 is 2.25 bits per heavy atom. The largest absolute Gasteiger partial charge is 0.367 e. The molecule has 0 aliphatic heterocycles. The summed E-state index contributed by atoms with van der Waals surface area (Å²) in [6.07, 6.45) is 5.91. The lowest BCUT2D eigenvalue weighted by Gasteiger charge is -2.29. The van der Waals surface area contributed by atoms with E-state index < -0.39 is 0 Å². The Morgan fingerprint density at radius 3 is 2.95 bits per heavy atom. The number of nitrogens with two attached hydrogens (primary N) is 1. The maximum absolute atomic E-state index is 11.7. The van der Waals surface area contributed by atoms with Gasteiger partial charge in [-0.15, -0.1) is 0 Å². The van der Waals surface area contributed by atoms with E-state index in [1.165, 1.54) is 5.57 Å². The number of nitrogens with one attached hydrogen (secondary N) is 1. The molecule has 0 radical (unpaired) electrons. The molecule has 1 saturated carbocycles. The monoisotopic (exact) mass is 275 g/mol. The van der Waals surface area contributed by atoms with Crippen LogP contribution in [0.1, 0.15) is 24.8 Å². The van der Waals surface area contributed by atoms with Gasteiger partial charge in [-0.25, -0.2) is 0 Å². The number of nitrogens with zero attached hydrogens (tertiary/aromatic N) is 1. The zero-order valence-electron chi connectivity index (χ0n) is 11.5. The van der Waals surface area contributed by atoms with E-state index in [-0.39, 0.29) is 24.7 Å². The van der Waals surface area contributed by atoms with Crippen molar-refractivity contribution in [3.8, 4) is 0 Å². The Labute approximate surface area is 119 Å². The third-order valence-corrected chi connectivity index (χ3v) is 3.45. The van der Waals surface area contributed by atoms with Crippen LogP contribution in [0.3, 0.4) is 0 Å². The minimum Gasteiger partial charge on any atom is -0.367 e.